The van der Waals surface area contributed by atoms with Crippen LogP contribution in [0.15, 0.2) is 18.3 Å². The molecule has 1 aliphatic heterocycles. The zero-order valence-electron chi connectivity index (χ0n) is 11.9. The first kappa shape index (κ1) is 13.0. The summed E-state index contributed by atoms with van der Waals surface area (Å²) in [5, 5.41) is 0.530. The molecule has 0 saturated carbocycles. The normalized spacial score (nSPS) is 20.9. The van der Waals surface area contributed by atoms with E-state index in [1.807, 2.05) is 12.3 Å². The van der Waals surface area contributed by atoms with Gasteiger partial charge in [-0.3, -0.25) is 0 Å². The molecule has 3 rings (SSSR count). The van der Waals surface area contributed by atoms with Crippen LogP contribution in [0.1, 0.15) is 51.1 Å². The molecule has 1 unspecified atom stereocenters. The van der Waals surface area contributed by atoms with Crippen LogP contribution in [0.3, 0.4) is 0 Å². The maximum Gasteiger partial charge on any atom is 0.160 e. The van der Waals surface area contributed by atoms with E-state index in [2.05, 4.69) is 48.2 Å². The predicted molar refractivity (Wildman–Crippen MR) is 81.6 cm³/mol. The minimum atomic E-state index is 0.0242. The van der Waals surface area contributed by atoms with Gasteiger partial charge in [-0.2, -0.15) is 11.8 Å². The molecule has 2 aromatic heterocycles. The van der Waals surface area contributed by atoms with Crippen LogP contribution in [0.25, 0.3) is 11.2 Å². The lowest BCUT2D eigenvalue weighted by atomic mass is 10.1. The van der Waals surface area contributed by atoms with E-state index in [0.717, 1.165) is 11.2 Å². The van der Waals surface area contributed by atoms with Gasteiger partial charge in [0.05, 0.1) is 5.25 Å². The van der Waals surface area contributed by atoms with Crippen LogP contribution in [0.2, 0.25) is 0 Å². The second-order valence-electron chi connectivity index (χ2n) is 6.18. The summed E-state index contributed by atoms with van der Waals surface area (Å²) in [6.07, 6.45) is 5.77. The van der Waals surface area contributed by atoms with E-state index < -0.39 is 0 Å². The molecule has 0 aliphatic carbocycles. The van der Waals surface area contributed by atoms with E-state index in [4.69, 9.17) is 4.98 Å². The summed E-state index contributed by atoms with van der Waals surface area (Å²) >= 11 is 2.05. The summed E-state index contributed by atoms with van der Waals surface area (Å²) in [4.78, 5) is 9.44. The van der Waals surface area contributed by atoms with E-state index in [-0.39, 0.29) is 5.54 Å². The Bertz CT molecular complexity index is 577. The van der Waals surface area contributed by atoms with Crippen LogP contribution in [-0.4, -0.2) is 20.3 Å². The molecular formula is C15H21N3S. The molecule has 4 heteroatoms. The molecule has 19 heavy (non-hydrogen) atoms. The van der Waals surface area contributed by atoms with Gasteiger partial charge in [0.1, 0.15) is 11.3 Å². The van der Waals surface area contributed by atoms with Crippen LogP contribution in [0.4, 0.5) is 0 Å². The molecule has 1 fully saturated rings. The molecule has 0 N–H and O–H groups in total. The van der Waals surface area contributed by atoms with Gasteiger partial charge in [-0.15, -0.1) is 0 Å². The second kappa shape index (κ2) is 4.82. The van der Waals surface area contributed by atoms with E-state index in [1.165, 1.54) is 30.8 Å². The topological polar surface area (TPSA) is 30.7 Å². The number of nitrogens with zero attached hydrogens (tertiary/aromatic N) is 3. The number of hydrogen-bond donors (Lipinski definition) is 0. The van der Waals surface area contributed by atoms with Crippen molar-refractivity contribution in [3.63, 3.8) is 0 Å². The smallest absolute Gasteiger partial charge is 0.160 e. The summed E-state index contributed by atoms with van der Waals surface area (Å²) < 4.78 is 2.34. The molecule has 2 aromatic rings. The van der Waals surface area contributed by atoms with Crippen LogP contribution in [-0.2, 0) is 5.54 Å². The van der Waals surface area contributed by atoms with Crippen molar-refractivity contribution in [3.8, 4) is 0 Å². The minimum Gasteiger partial charge on any atom is -0.306 e. The Morgan fingerprint density at radius 2 is 2.16 bits per heavy atom. The monoisotopic (exact) mass is 275 g/mol. The quantitative estimate of drug-likeness (QED) is 0.783. The highest BCUT2D eigenvalue weighted by atomic mass is 32.2. The zero-order chi connectivity index (χ0) is 13.5. The third kappa shape index (κ3) is 2.38. The maximum absolute atomic E-state index is 4.88. The Labute approximate surface area is 118 Å². The van der Waals surface area contributed by atoms with E-state index in [0.29, 0.717) is 5.25 Å². The molecule has 1 atom stereocenters. The Kier molecular flexibility index (Phi) is 3.29. The molecule has 0 amide bonds. The molecule has 1 saturated heterocycles. The molecule has 0 radical (unpaired) electrons. The average molecular weight is 275 g/mol. The number of hydrogen-bond acceptors (Lipinski definition) is 3. The number of rotatable bonds is 1. The largest absolute Gasteiger partial charge is 0.306 e. The van der Waals surface area contributed by atoms with Crippen LogP contribution in [0, 0.1) is 0 Å². The fourth-order valence-electron chi connectivity index (χ4n) is 2.75. The second-order valence-corrected chi connectivity index (χ2v) is 7.49. The average Bonchev–Trinajstić information content (AvgIpc) is 2.79. The van der Waals surface area contributed by atoms with Gasteiger partial charge in [-0.05, 0) is 51.5 Å². The molecular weight excluding hydrogens is 254 g/mol. The third-order valence-corrected chi connectivity index (χ3v) is 4.95. The van der Waals surface area contributed by atoms with Gasteiger partial charge in [0.15, 0.2) is 5.65 Å². The number of pyridine rings is 1. The summed E-state index contributed by atoms with van der Waals surface area (Å²) in [6, 6.07) is 4.04. The fourth-order valence-corrected chi connectivity index (χ4v) is 4.05. The van der Waals surface area contributed by atoms with Crippen LogP contribution < -0.4 is 0 Å². The lowest BCUT2D eigenvalue weighted by molar-refractivity contribution is 0.388. The van der Waals surface area contributed by atoms with Crippen molar-refractivity contribution in [1.29, 1.82) is 0 Å². The van der Waals surface area contributed by atoms with Gasteiger partial charge >= 0.3 is 0 Å². The van der Waals surface area contributed by atoms with Crippen molar-refractivity contribution in [3.05, 3.63) is 24.2 Å². The Morgan fingerprint density at radius 3 is 2.84 bits per heavy atom. The van der Waals surface area contributed by atoms with Gasteiger partial charge in [0, 0.05) is 11.7 Å². The van der Waals surface area contributed by atoms with Crippen LogP contribution >= 0.6 is 11.8 Å². The highest BCUT2D eigenvalue weighted by Gasteiger charge is 2.28. The Balaban J connectivity index is 2.17. The lowest BCUT2D eigenvalue weighted by Gasteiger charge is -2.28. The molecule has 0 aromatic carbocycles. The van der Waals surface area contributed by atoms with Crippen molar-refractivity contribution in [2.24, 2.45) is 0 Å². The molecule has 102 valence electrons. The predicted octanol–water partition coefficient (Wildman–Crippen LogP) is 4.14. The van der Waals surface area contributed by atoms with E-state index in [1.54, 1.807) is 0 Å². The van der Waals surface area contributed by atoms with E-state index in [9.17, 15) is 0 Å². The van der Waals surface area contributed by atoms with Gasteiger partial charge < -0.3 is 4.57 Å². The van der Waals surface area contributed by atoms with Crippen molar-refractivity contribution >= 4 is 22.9 Å². The van der Waals surface area contributed by atoms with Gasteiger partial charge in [-0.25, -0.2) is 9.97 Å². The van der Waals surface area contributed by atoms with Crippen molar-refractivity contribution < 1.29 is 0 Å². The Morgan fingerprint density at radius 1 is 1.32 bits per heavy atom. The van der Waals surface area contributed by atoms with Crippen molar-refractivity contribution in [2.75, 3.05) is 5.75 Å². The lowest BCUT2D eigenvalue weighted by Crippen LogP contribution is -2.25. The maximum atomic E-state index is 4.88. The summed E-state index contributed by atoms with van der Waals surface area (Å²) in [6.45, 7) is 6.71. The highest BCUT2D eigenvalue weighted by molar-refractivity contribution is 7.99. The number of thioether (sulfide) groups is 1. The third-order valence-electron chi connectivity index (χ3n) is 3.58. The van der Waals surface area contributed by atoms with Gasteiger partial charge in [-0.1, -0.05) is 6.42 Å². The highest BCUT2D eigenvalue weighted by Crippen LogP contribution is 2.40. The molecule has 1 aliphatic rings. The van der Waals surface area contributed by atoms with Gasteiger partial charge in [0.25, 0.3) is 0 Å². The SMILES string of the molecule is CC(C)(C)n1c(C2CCCCS2)nc2cccnc21. The molecule has 3 nitrogen and oxygen atoms in total. The van der Waals surface area contributed by atoms with Crippen molar-refractivity contribution in [2.45, 2.75) is 50.8 Å². The molecule has 0 spiro atoms. The first-order chi connectivity index (χ1) is 9.07. The van der Waals surface area contributed by atoms with Crippen molar-refractivity contribution in [1.82, 2.24) is 14.5 Å². The summed E-state index contributed by atoms with van der Waals surface area (Å²) in [7, 11) is 0. The number of fused-ring (bicyclic) bond motifs is 1. The number of aromatic nitrogens is 3. The fraction of sp³-hybridized carbons (Fsp3) is 0.600. The first-order valence-corrected chi connectivity index (χ1v) is 8.08. The van der Waals surface area contributed by atoms with Gasteiger partial charge in [0.2, 0.25) is 0 Å². The number of imidazole rings is 1. The van der Waals surface area contributed by atoms with E-state index >= 15 is 0 Å². The summed E-state index contributed by atoms with van der Waals surface area (Å²) in [5.41, 5.74) is 2.07. The molecule has 3 heterocycles. The van der Waals surface area contributed by atoms with Crippen LogP contribution in [0.5, 0.6) is 0 Å². The Hall–Kier alpha value is -1.03. The minimum absolute atomic E-state index is 0.0242. The zero-order valence-corrected chi connectivity index (χ0v) is 12.7. The molecule has 0 bridgehead atoms. The first-order valence-electron chi connectivity index (χ1n) is 7.03. The summed E-state index contributed by atoms with van der Waals surface area (Å²) in [5.74, 6) is 2.47. The standard InChI is InChI=1S/C15H21N3S/c1-15(2,3)18-13-11(7-6-9-16-13)17-14(18)12-8-4-5-10-19-12/h6-7,9,12H,4-5,8,10H2,1-3H3.